The Labute approximate surface area is 109 Å². The summed E-state index contributed by atoms with van der Waals surface area (Å²) in [4.78, 5) is 0. The molecule has 0 atom stereocenters. The first-order valence-electron chi connectivity index (χ1n) is 4.98. The molecule has 3 heteroatoms. The fraction of sp³-hybridized carbons (Fsp3) is 0. The smallest absolute Gasteiger partial charge is 0.124 e. The molecule has 0 N–H and O–H groups in total. The van der Waals surface area contributed by atoms with Crippen molar-refractivity contribution in [1.29, 1.82) is 0 Å². The Kier molecular flexibility index (Phi) is 3.51. The van der Waals surface area contributed by atoms with E-state index in [1.54, 1.807) is 24.3 Å². The molecular formula is C14H9Cl2F. The van der Waals surface area contributed by atoms with Gasteiger partial charge in [0.2, 0.25) is 0 Å². The second-order valence-corrected chi connectivity index (χ2v) is 4.42. The Morgan fingerprint density at radius 3 is 2.35 bits per heavy atom. The molecule has 0 radical (unpaired) electrons. The first-order valence-corrected chi connectivity index (χ1v) is 5.74. The summed E-state index contributed by atoms with van der Waals surface area (Å²) in [5, 5.41) is 0.935. The number of hydrogen-bond acceptors (Lipinski definition) is 0. The van der Waals surface area contributed by atoms with E-state index in [1.165, 1.54) is 12.1 Å². The zero-order valence-corrected chi connectivity index (χ0v) is 10.4. The maximum atomic E-state index is 13.4. The Morgan fingerprint density at radius 1 is 0.941 bits per heavy atom. The molecule has 0 spiro atoms. The number of hydrogen-bond donors (Lipinski definition) is 0. The highest BCUT2D eigenvalue weighted by Crippen LogP contribution is 2.29. The van der Waals surface area contributed by atoms with E-state index in [0.29, 0.717) is 10.0 Å². The van der Waals surface area contributed by atoms with Crippen LogP contribution in [-0.2, 0) is 0 Å². The van der Waals surface area contributed by atoms with Gasteiger partial charge in [-0.15, -0.1) is 0 Å². The third-order valence-electron chi connectivity index (χ3n) is 2.41. The molecule has 0 aliphatic rings. The minimum atomic E-state index is -0.302. The van der Waals surface area contributed by atoms with Gasteiger partial charge < -0.3 is 0 Å². The molecule has 17 heavy (non-hydrogen) atoms. The summed E-state index contributed by atoms with van der Waals surface area (Å²) < 4.78 is 13.4. The highest BCUT2D eigenvalue weighted by molar-refractivity contribution is 6.42. The number of rotatable bonds is 2. The molecule has 2 rings (SSSR count). The van der Waals surface area contributed by atoms with E-state index in [2.05, 4.69) is 6.58 Å². The maximum absolute atomic E-state index is 13.4. The molecular weight excluding hydrogens is 258 g/mol. The van der Waals surface area contributed by atoms with Crippen molar-refractivity contribution in [3.05, 3.63) is 64.4 Å². The van der Waals surface area contributed by atoms with Gasteiger partial charge in [-0.05, 0) is 47.0 Å². The molecule has 0 saturated carbocycles. The lowest BCUT2D eigenvalue weighted by molar-refractivity contribution is 0.628. The van der Waals surface area contributed by atoms with Crippen molar-refractivity contribution < 1.29 is 4.39 Å². The van der Waals surface area contributed by atoms with Crippen molar-refractivity contribution >= 4 is 29.3 Å². The summed E-state index contributed by atoms with van der Waals surface area (Å²) in [6.45, 7) is 3.62. The Hall–Kier alpha value is -1.31. The van der Waals surface area contributed by atoms with Gasteiger partial charge in [-0.2, -0.15) is 0 Å². The average molecular weight is 267 g/mol. The predicted molar refractivity (Wildman–Crippen MR) is 71.9 cm³/mol. The minimum Gasteiger partial charge on any atom is -0.207 e. The molecule has 0 unspecified atom stereocenters. The number of halogens is 3. The van der Waals surface area contributed by atoms with Crippen LogP contribution in [0.25, 0.3) is 17.2 Å². The van der Waals surface area contributed by atoms with Gasteiger partial charge in [-0.1, -0.05) is 41.9 Å². The van der Waals surface area contributed by atoms with Gasteiger partial charge in [-0.3, -0.25) is 0 Å². The van der Waals surface area contributed by atoms with Crippen LogP contribution in [0.4, 0.5) is 4.39 Å². The molecule has 0 heterocycles. The van der Waals surface area contributed by atoms with Crippen LogP contribution in [0.1, 0.15) is 5.56 Å². The van der Waals surface area contributed by atoms with Crippen molar-refractivity contribution in [2.24, 2.45) is 0 Å². The van der Waals surface area contributed by atoms with E-state index in [0.717, 1.165) is 16.7 Å². The molecule has 2 aromatic rings. The van der Waals surface area contributed by atoms with Gasteiger partial charge in [-0.25, -0.2) is 4.39 Å². The lowest BCUT2D eigenvalue weighted by atomic mass is 10.0. The Morgan fingerprint density at radius 2 is 1.71 bits per heavy atom. The zero-order valence-electron chi connectivity index (χ0n) is 8.88. The van der Waals surface area contributed by atoms with Gasteiger partial charge in [0, 0.05) is 0 Å². The van der Waals surface area contributed by atoms with Crippen molar-refractivity contribution in [3.63, 3.8) is 0 Å². The van der Waals surface area contributed by atoms with Crippen LogP contribution in [-0.4, -0.2) is 0 Å². The predicted octanol–water partition coefficient (Wildman–Crippen LogP) is 5.44. The van der Waals surface area contributed by atoms with Crippen LogP contribution in [0.5, 0.6) is 0 Å². The summed E-state index contributed by atoms with van der Waals surface area (Å²) in [6, 6.07) is 9.93. The van der Waals surface area contributed by atoms with Gasteiger partial charge in [0.1, 0.15) is 5.82 Å². The van der Waals surface area contributed by atoms with E-state index in [1.807, 2.05) is 6.07 Å². The molecule has 86 valence electrons. The third kappa shape index (κ3) is 2.68. The molecule has 2 aromatic carbocycles. The minimum absolute atomic E-state index is 0.302. The van der Waals surface area contributed by atoms with Crippen molar-refractivity contribution in [2.45, 2.75) is 0 Å². The molecule has 0 aromatic heterocycles. The Bertz CT molecular complexity index is 576. The number of benzene rings is 2. The van der Waals surface area contributed by atoms with E-state index in [9.17, 15) is 4.39 Å². The molecule has 0 nitrogen and oxygen atoms in total. The lowest BCUT2D eigenvalue weighted by Gasteiger charge is -2.05. The topological polar surface area (TPSA) is 0 Å². The first-order chi connectivity index (χ1) is 8.10. The summed E-state index contributed by atoms with van der Waals surface area (Å²) >= 11 is 11.8. The summed E-state index contributed by atoms with van der Waals surface area (Å²) in [5.74, 6) is -0.302. The van der Waals surface area contributed by atoms with Crippen LogP contribution in [0.15, 0.2) is 43.0 Å². The van der Waals surface area contributed by atoms with Gasteiger partial charge >= 0.3 is 0 Å². The van der Waals surface area contributed by atoms with Gasteiger partial charge in [0.15, 0.2) is 0 Å². The highest BCUT2D eigenvalue weighted by atomic mass is 35.5. The van der Waals surface area contributed by atoms with Crippen molar-refractivity contribution in [3.8, 4) is 11.1 Å². The largest absolute Gasteiger partial charge is 0.207 e. The second-order valence-electron chi connectivity index (χ2n) is 3.61. The molecule has 0 aliphatic carbocycles. The average Bonchev–Trinajstić information content (AvgIpc) is 2.32. The standard InChI is InChI=1S/C14H9Cl2F/c1-2-9-5-11(7-12(17)6-9)10-3-4-13(15)14(16)8-10/h2-8H,1H2. The van der Waals surface area contributed by atoms with Gasteiger partial charge in [0.05, 0.1) is 10.0 Å². The van der Waals surface area contributed by atoms with Crippen LogP contribution in [0.2, 0.25) is 10.0 Å². The normalized spacial score (nSPS) is 10.3. The molecule has 0 fully saturated rings. The van der Waals surface area contributed by atoms with Gasteiger partial charge in [0.25, 0.3) is 0 Å². The van der Waals surface area contributed by atoms with Crippen molar-refractivity contribution in [1.82, 2.24) is 0 Å². The Balaban J connectivity index is 2.55. The molecule has 0 saturated heterocycles. The second kappa shape index (κ2) is 4.91. The monoisotopic (exact) mass is 266 g/mol. The quantitative estimate of drug-likeness (QED) is 0.679. The van der Waals surface area contributed by atoms with Crippen LogP contribution >= 0.6 is 23.2 Å². The van der Waals surface area contributed by atoms with Crippen LogP contribution in [0.3, 0.4) is 0 Å². The van der Waals surface area contributed by atoms with E-state index in [-0.39, 0.29) is 5.82 Å². The summed E-state index contributed by atoms with van der Waals surface area (Å²) in [5.41, 5.74) is 2.30. The van der Waals surface area contributed by atoms with Crippen molar-refractivity contribution in [2.75, 3.05) is 0 Å². The molecule has 0 amide bonds. The fourth-order valence-electron chi connectivity index (χ4n) is 1.57. The summed E-state index contributed by atoms with van der Waals surface area (Å²) in [6.07, 6.45) is 1.60. The molecule has 0 bridgehead atoms. The molecule has 0 aliphatic heterocycles. The van der Waals surface area contributed by atoms with E-state index >= 15 is 0 Å². The lowest BCUT2D eigenvalue weighted by Crippen LogP contribution is -1.84. The maximum Gasteiger partial charge on any atom is 0.124 e. The highest BCUT2D eigenvalue weighted by Gasteiger charge is 2.04. The third-order valence-corrected chi connectivity index (χ3v) is 3.15. The zero-order chi connectivity index (χ0) is 12.4. The fourth-order valence-corrected chi connectivity index (χ4v) is 1.87. The van der Waals surface area contributed by atoms with E-state index < -0.39 is 0 Å². The van der Waals surface area contributed by atoms with E-state index in [4.69, 9.17) is 23.2 Å². The summed E-state index contributed by atoms with van der Waals surface area (Å²) in [7, 11) is 0. The van der Waals surface area contributed by atoms with Crippen LogP contribution < -0.4 is 0 Å². The first kappa shape index (κ1) is 12.2. The van der Waals surface area contributed by atoms with Crippen LogP contribution in [0, 0.1) is 5.82 Å². The SMILES string of the molecule is C=Cc1cc(F)cc(-c2ccc(Cl)c(Cl)c2)c1.